The molecule has 1 aromatic heterocycles. The van der Waals surface area contributed by atoms with Crippen LogP contribution in [0.5, 0.6) is 11.5 Å². The van der Waals surface area contributed by atoms with Crippen molar-refractivity contribution in [3.8, 4) is 11.5 Å². The van der Waals surface area contributed by atoms with E-state index in [-0.39, 0.29) is 18.8 Å². The molecule has 4 aromatic rings. The number of nitrogens with zero attached hydrogens (tertiary/aromatic N) is 2. The summed E-state index contributed by atoms with van der Waals surface area (Å²) in [7, 11) is 1.45. The molecule has 12 heteroatoms. The van der Waals surface area contributed by atoms with E-state index in [0.29, 0.717) is 34.3 Å². The summed E-state index contributed by atoms with van der Waals surface area (Å²) >= 11 is 6.43. The predicted octanol–water partition coefficient (Wildman–Crippen LogP) is 5.38. The predicted molar refractivity (Wildman–Crippen MR) is 175 cm³/mol. The van der Waals surface area contributed by atoms with Crippen molar-refractivity contribution in [2.45, 2.75) is 33.4 Å². The Balaban J connectivity index is 1.27. The molecule has 11 nitrogen and oxygen atoms in total. The van der Waals surface area contributed by atoms with Crippen molar-refractivity contribution in [3.63, 3.8) is 0 Å². The zero-order valence-corrected chi connectivity index (χ0v) is 26.6. The van der Waals surface area contributed by atoms with Gasteiger partial charge in [0.15, 0.2) is 18.1 Å². The molecule has 0 bridgehead atoms. The number of ether oxygens (including phenoxy) is 3. The van der Waals surface area contributed by atoms with Crippen molar-refractivity contribution in [1.29, 1.82) is 0 Å². The molecule has 3 N–H and O–H groups in total. The second kappa shape index (κ2) is 14.2. The SMILES string of the molecule is CCOC(=O)C1=C(C)NC(=O)N[C@H]1c1ccc(OCC(=O)N/N=C\c2c(C)n(Cc3ccccc3Cl)c3ccccc23)c(OC)c1. The minimum absolute atomic E-state index is 0.186. The van der Waals surface area contributed by atoms with Crippen molar-refractivity contribution in [3.05, 3.63) is 105 Å². The zero-order valence-electron chi connectivity index (χ0n) is 25.8. The van der Waals surface area contributed by atoms with Gasteiger partial charge in [0.05, 0.1) is 31.5 Å². The molecule has 0 saturated heterocycles. The molecule has 0 fully saturated rings. The minimum atomic E-state index is -0.771. The van der Waals surface area contributed by atoms with Gasteiger partial charge in [-0.15, -0.1) is 0 Å². The lowest BCUT2D eigenvalue weighted by atomic mass is 9.95. The fraction of sp³-hybridized carbons (Fsp3) is 0.235. The van der Waals surface area contributed by atoms with Crippen LogP contribution >= 0.6 is 11.6 Å². The Morgan fingerprint density at radius 3 is 2.59 bits per heavy atom. The molecule has 3 amide bonds. The summed E-state index contributed by atoms with van der Waals surface area (Å²) in [6, 6.07) is 19.4. The smallest absolute Gasteiger partial charge is 0.338 e. The van der Waals surface area contributed by atoms with Crippen LogP contribution in [0.4, 0.5) is 4.79 Å². The number of esters is 1. The summed E-state index contributed by atoms with van der Waals surface area (Å²) in [6.07, 6.45) is 1.62. The summed E-state index contributed by atoms with van der Waals surface area (Å²) in [4.78, 5) is 37.5. The Bertz CT molecular complexity index is 1860. The number of aromatic nitrogens is 1. The number of halogens is 1. The maximum absolute atomic E-state index is 12.7. The lowest BCUT2D eigenvalue weighted by Gasteiger charge is -2.28. The molecular formula is C34H34ClN5O6. The van der Waals surface area contributed by atoms with Crippen LogP contribution < -0.4 is 25.5 Å². The standard InChI is InChI=1S/C34H34ClN5O6/c1-5-45-33(42)31-20(2)37-34(43)38-32(31)22-14-15-28(29(16-22)44-4)46-19-30(41)39-36-17-25-21(3)40(27-13-9-7-11-24(25)27)18-23-10-6-8-12-26(23)35/h6-17,32H,5,18-19H2,1-4H3,(H,39,41)(H2,37,38,43)/b36-17-/t32-/m0/s1. The largest absolute Gasteiger partial charge is 0.493 e. The molecule has 1 atom stereocenters. The molecule has 5 rings (SSSR count). The van der Waals surface area contributed by atoms with Crippen LogP contribution in [-0.4, -0.2) is 49.0 Å². The molecule has 0 unspecified atom stereocenters. The minimum Gasteiger partial charge on any atom is -0.493 e. The Morgan fingerprint density at radius 1 is 1.07 bits per heavy atom. The molecule has 1 aliphatic rings. The summed E-state index contributed by atoms with van der Waals surface area (Å²) in [5.74, 6) is -0.421. The van der Waals surface area contributed by atoms with Crippen LogP contribution in [0.3, 0.4) is 0 Å². The molecule has 0 radical (unpaired) electrons. The number of para-hydroxylation sites is 1. The first kappa shape index (κ1) is 32.1. The van der Waals surface area contributed by atoms with Gasteiger partial charge >= 0.3 is 12.0 Å². The van der Waals surface area contributed by atoms with E-state index in [1.165, 1.54) is 7.11 Å². The van der Waals surface area contributed by atoms with Gasteiger partial charge in [-0.3, -0.25) is 4.79 Å². The third-order valence-electron chi connectivity index (χ3n) is 7.59. The number of fused-ring (bicyclic) bond motifs is 1. The normalized spacial score (nSPS) is 14.6. The summed E-state index contributed by atoms with van der Waals surface area (Å²) in [6.45, 7) is 5.78. The highest BCUT2D eigenvalue weighted by atomic mass is 35.5. The molecule has 0 spiro atoms. The molecule has 0 aliphatic carbocycles. The Kier molecular flexibility index (Phi) is 9.92. The van der Waals surface area contributed by atoms with E-state index >= 15 is 0 Å². The van der Waals surface area contributed by atoms with E-state index in [2.05, 4.69) is 25.7 Å². The summed E-state index contributed by atoms with van der Waals surface area (Å²) in [5, 5.41) is 11.2. The van der Waals surface area contributed by atoms with E-state index in [1.807, 2.05) is 55.5 Å². The average molecular weight is 644 g/mol. The van der Waals surface area contributed by atoms with E-state index in [9.17, 15) is 14.4 Å². The number of allylic oxidation sites excluding steroid dienone is 1. The molecule has 46 heavy (non-hydrogen) atoms. The van der Waals surface area contributed by atoms with Crippen LogP contribution in [-0.2, 0) is 20.9 Å². The Labute approximate surface area is 271 Å². The molecular weight excluding hydrogens is 610 g/mol. The van der Waals surface area contributed by atoms with Crippen LogP contribution in [0.15, 0.2) is 83.1 Å². The van der Waals surface area contributed by atoms with Crippen LogP contribution in [0, 0.1) is 6.92 Å². The highest BCUT2D eigenvalue weighted by Gasteiger charge is 2.32. The van der Waals surface area contributed by atoms with Crippen LogP contribution in [0.2, 0.25) is 5.02 Å². The number of amides is 3. The van der Waals surface area contributed by atoms with Gasteiger partial charge in [0, 0.05) is 39.4 Å². The molecule has 2 heterocycles. The Morgan fingerprint density at radius 2 is 1.83 bits per heavy atom. The highest BCUT2D eigenvalue weighted by Crippen LogP contribution is 2.34. The number of rotatable bonds is 11. The number of carbonyl (C=O) groups excluding carboxylic acids is 3. The number of carbonyl (C=O) groups is 3. The average Bonchev–Trinajstić information content (AvgIpc) is 3.30. The van der Waals surface area contributed by atoms with Crippen LogP contribution in [0.25, 0.3) is 10.9 Å². The van der Waals surface area contributed by atoms with Gasteiger partial charge in [-0.1, -0.05) is 54.1 Å². The molecule has 1 aliphatic heterocycles. The number of urea groups is 1. The van der Waals surface area contributed by atoms with Crippen molar-refractivity contribution in [2.75, 3.05) is 20.3 Å². The number of hydrazone groups is 1. The second-order valence-electron chi connectivity index (χ2n) is 10.5. The third-order valence-corrected chi connectivity index (χ3v) is 7.96. The Hall–Kier alpha value is -5.29. The van der Waals surface area contributed by atoms with E-state index < -0.39 is 23.9 Å². The fourth-order valence-electron chi connectivity index (χ4n) is 5.37. The van der Waals surface area contributed by atoms with E-state index in [0.717, 1.165) is 27.7 Å². The first-order chi connectivity index (χ1) is 22.2. The molecule has 0 saturated carbocycles. The lowest BCUT2D eigenvalue weighted by molar-refractivity contribution is -0.139. The highest BCUT2D eigenvalue weighted by molar-refractivity contribution is 6.31. The van der Waals surface area contributed by atoms with Gasteiger partial charge < -0.3 is 29.4 Å². The maximum Gasteiger partial charge on any atom is 0.338 e. The number of hydrogen-bond donors (Lipinski definition) is 3. The quantitative estimate of drug-likeness (QED) is 0.114. The summed E-state index contributed by atoms with van der Waals surface area (Å²) in [5.41, 5.74) is 7.63. The van der Waals surface area contributed by atoms with Gasteiger partial charge in [0.2, 0.25) is 0 Å². The van der Waals surface area contributed by atoms with Crippen molar-refractivity contribution in [2.24, 2.45) is 5.10 Å². The fourth-order valence-corrected chi connectivity index (χ4v) is 5.57. The zero-order chi connectivity index (χ0) is 32.8. The number of benzene rings is 3. The number of nitrogens with one attached hydrogen (secondary N) is 3. The third kappa shape index (κ3) is 6.84. The van der Waals surface area contributed by atoms with E-state index in [1.54, 1.807) is 38.3 Å². The number of hydrogen-bond acceptors (Lipinski definition) is 7. The van der Waals surface area contributed by atoms with Gasteiger partial charge in [-0.2, -0.15) is 5.10 Å². The molecule has 3 aromatic carbocycles. The monoisotopic (exact) mass is 643 g/mol. The first-order valence-electron chi connectivity index (χ1n) is 14.6. The second-order valence-corrected chi connectivity index (χ2v) is 10.9. The number of methoxy groups -OCH3 is 1. The van der Waals surface area contributed by atoms with Gasteiger partial charge in [0.25, 0.3) is 5.91 Å². The van der Waals surface area contributed by atoms with Gasteiger partial charge in [0.1, 0.15) is 0 Å². The van der Waals surface area contributed by atoms with Gasteiger partial charge in [-0.05, 0) is 56.2 Å². The van der Waals surface area contributed by atoms with Gasteiger partial charge in [-0.25, -0.2) is 15.0 Å². The van der Waals surface area contributed by atoms with E-state index in [4.69, 9.17) is 25.8 Å². The van der Waals surface area contributed by atoms with Crippen molar-refractivity contribution >= 4 is 46.6 Å². The molecule has 238 valence electrons. The first-order valence-corrected chi connectivity index (χ1v) is 15.0. The van der Waals surface area contributed by atoms with Crippen LogP contribution in [0.1, 0.15) is 42.3 Å². The summed E-state index contributed by atoms with van der Waals surface area (Å²) < 4.78 is 18.6. The maximum atomic E-state index is 12.7. The topological polar surface area (TPSA) is 132 Å². The van der Waals surface area contributed by atoms with Crippen molar-refractivity contribution in [1.82, 2.24) is 20.6 Å². The lowest BCUT2D eigenvalue weighted by Crippen LogP contribution is -2.45. The van der Waals surface area contributed by atoms with Crippen molar-refractivity contribution < 1.29 is 28.6 Å².